The maximum absolute atomic E-state index is 13.0. The van der Waals surface area contributed by atoms with Crippen LogP contribution in [0.3, 0.4) is 0 Å². The molecular formula is C22H20N4O7. The van der Waals surface area contributed by atoms with Crippen molar-refractivity contribution in [1.82, 2.24) is 4.90 Å². The molecule has 3 aliphatic rings. The van der Waals surface area contributed by atoms with Crippen LogP contribution in [0.1, 0.15) is 32.6 Å². The standard InChI is InChI=1S/C22H20N4O7/c1-30-12-8-6-11(7-9-12)22-31-10-15-18(33-22)17(27)16(19(32-15)24-25-23)26-20(28)13-4-2-3-5-14(13)21(26)29/h2-9,15-19,22,27H,10H2,1H3/t15-,16-,17-,18-,19-,22-/m1/s1. The lowest BCUT2D eigenvalue weighted by Gasteiger charge is -2.48. The van der Waals surface area contributed by atoms with E-state index >= 15 is 0 Å². The van der Waals surface area contributed by atoms with E-state index < -0.39 is 48.7 Å². The summed E-state index contributed by atoms with van der Waals surface area (Å²) in [4.78, 5) is 29.7. The van der Waals surface area contributed by atoms with E-state index in [4.69, 9.17) is 24.5 Å². The molecule has 11 heteroatoms. The van der Waals surface area contributed by atoms with Crippen molar-refractivity contribution >= 4 is 11.8 Å². The van der Waals surface area contributed by atoms with Crippen LogP contribution in [-0.4, -0.2) is 66.1 Å². The Morgan fingerprint density at radius 1 is 1.09 bits per heavy atom. The Kier molecular flexibility index (Phi) is 5.49. The van der Waals surface area contributed by atoms with Crippen molar-refractivity contribution in [2.24, 2.45) is 5.11 Å². The van der Waals surface area contributed by atoms with Gasteiger partial charge in [-0.25, -0.2) is 0 Å². The molecule has 1 N–H and O–H groups in total. The molecule has 0 unspecified atom stereocenters. The van der Waals surface area contributed by atoms with Crippen molar-refractivity contribution in [2.75, 3.05) is 13.7 Å². The van der Waals surface area contributed by atoms with Crippen molar-refractivity contribution in [3.8, 4) is 5.75 Å². The van der Waals surface area contributed by atoms with Gasteiger partial charge in [-0.05, 0) is 29.8 Å². The van der Waals surface area contributed by atoms with Crippen molar-refractivity contribution in [1.29, 1.82) is 0 Å². The number of imide groups is 1. The Labute approximate surface area is 188 Å². The number of benzene rings is 2. The van der Waals surface area contributed by atoms with Crippen molar-refractivity contribution in [2.45, 2.75) is 36.9 Å². The summed E-state index contributed by atoms with van der Waals surface area (Å²) < 4.78 is 22.8. The molecule has 11 nitrogen and oxygen atoms in total. The van der Waals surface area contributed by atoms with Crippen LogP contribution in [0.4, 0.5) is 0 Å². The second-order valence-corrected chi connectivity index (χ2v) is 7.82. The molecule has 2 amide bonds. The highest BCUT2D eigenvalue weighted by molar-refractivity contribution is 6.21. The molecule has 0 bridgehead atoms. The molecule has 2 aromatic rings. The van der Waals surface area contributed by atoms with E-state index in [1.54, 1.807) is 43.5 Å². The smallest absolute Gasteiger partial charge is 0.261 e. The third-order valence-corrected chi connectivity index (χ3v) is 6.03. The molecule has 0 aliphatic carbocycles. The molecule has 3 aliphatic heterocycles. The molecule has 170 valence electrons. The highest BCUT2D eigenvalue weighted by atomic mass is 16.7. The number of rotatable bonds is 4. The van der Waals surface area contributed by atoms with Crippen LogP contribution in [0.25, 0.3) is 10.4 Å². The number of fused-ring (bicyclic) bond motifs is 2. The second-order valence-electron chi connectivity index (χ2n) is 7.82. The fourth-order valence-corrected chi connectivity index (χ4v) is 4.43. The molecule has 33 heavy (non-hydrogen) atoms. The fraction of sp³-hybridized carbons (Fsp3) is 0.364. The van der Waals surface area contributed by atoms with E-state index in [1.165, 1.54) is 12.1 Å². The third-order valence-electron chi connectivity index (χ3n) is 6.03. The molecule has 0 aromatic heterocycles. The van der Waals surface area contributed by atoms with E-state index in [0.717, 1.165) is 4.90 Å². The average molecular weight is 452 g/mol. The lowest BCUT2D eigenvalue weighted by atomic mass is 9.94. The van der Waals surface area contributed by atoms with Gasteiger partial charge in [0.1, 0.15) is 30.1 Å². The Hall–Kier alpha value is -3.47. The largest absolute Gasteiger partial charge is 0.497 e. The van der Waals surface area contributed by atoms with E-state index in [-0.39, 0.29) is 17.7 Å². The van der Waals surface area contributed by atoms with E-state index in [9.17, 15) is 14.7 Å². The van der Waals surface area contributed by atoms with Crippen LogP contribution in [0.15, 0.2) is 53.6 Å². The first-order valence-corrected chi connectivity index (χ1v) is 10.3. The molecule has 2 aromatic carbocycles. The molecule has 3 heterocycles. The van der Waals surface area contributed by atoms with Crippen LogP contribution in [0.2, 0.25) is 0 Å². The number of nitrogens with zero attached hydrogens (tertiary/aromatic N) is 4. The number of aliphatic hydroxyl groups excluding tert-OH is 1. The normalized spacial score (nSPS) is 30.9. The highest BCUT2D eigenvalue weighted by Gasteiger charge is 2.55. The first-order chi connectivity index (χ1) is 16.0. The molecule has 0 saturated carbocycles. The average Bonchev–Trinajstić information content (AvgIpc) is 3.10. The zero-order valence-electron chi connectivity index (χ0n) is 17.5. The quantitative estimate of drug-likeness (QED) is 0.324. The molecule has 6 atom stereocenters. The van der Waals surface area contributed by atoms with Gasteiger partial charge in [-0.2, -0.15) is 0 Å². The molecule has 0 radical (unpaired) electrons. The fourth-order valence-electron chi connectivity index (χ4n) is 4.43. The number of aliphatic hydroxyl groups is 1. The highest BCUT2D eigenvalue weighted by Crippen LogP contribution is 2.38. The van der Waals surface area contributed by atoms with Crippen molar-refractivity contribution in [3.63, 3.8) is 0 Å². The molecular weight excluding hydrogens is 432 g/mol. The van der Waals surface area contributed by atoms with Gasteiger partial charge >= 0.3 is 0 Å². The lowest BCUT2D eigenvalue weighted by molar-refractivity contribution is -0.318. The van der Waals surface area contributed by atoms with Crippen LogP contribution >= 0.6 is 0 Å². The number of hydrogen-bond acceptors (Lipinski definition) is 8. The Morgan fingerprint density at radius 3 is 2.36 bits per heavy atom. The summed E-state index contributed by atoms with van der Waals surface area (Å²) in [6.07, 6.45) is -5.21. The first kappa shape index (κ1) is 21.4. The predicted octanol–water partition coefficient (Wildman–Crippen LogP) is 2.17. The van der Waals surface area contributed by atoms with Gasteiger partial charge in [-0.3, -0.25) is 14.5 Å². The maximum Gasteiger partial charge on any atom is 0.261 e. The van der Waals surface area contributed by atoms with Crippen molar-refractivity contribution in [3.05, 3.63) is 75.7 Å². The van der Waals surface area contributed by atoms with Gasteiger partial charge < -0.3 is 24.1 Å². The van der Waals surface area contributed by atoms with E-state index in [1.807, 2.05) is 0 Å². The van der Waals surface area contributed by atoms with Gasteiger partial charge in [0.05, 0.1) is 24.8 Å². The van der Waals surface area contributed by atoms with E-state index in [0.29, 0.717) is 11.3 Å². The Morgan fingerprint density at radius 2 is 1.76 bits per heavy atom. The summed E-state index contributed by atoms with van der Waals surface area (Å²) in [5.41, 5.74) is 10.1. The number of ether oxygens (including phenoxy) is 4. The van der Waals surface area contributed by atoms with E-state index in [2.05, 4.69) is 10.0 Å². The molecule has 5 rings (SSSR count). The first-order valence-electron chi connectivity index (χ1n) is 10.3. The van der Waals surface area contributed by atoms with Crippen LogP contribution < -0.4 is 4.74 Å². The topological polar surface area (TPSA) is 143 Å². The number of azide groups is 1. The monoisotopic (exact) mass is 452 g/mol. The number of amides is 2. The summed E-state index contributed by atoms with van der Waals surface area (Å²) in [7, 11) is 1.56. The predicted molar refractivity (Wildman–Crippen MR) is 111 cm³/mol. The van der Waals surface area contributed by atoms with Gasteiger partial charge in [-0.1, -0.05) is 29.4 Å². The number of methoxy groups -OCH3 is 1. The number of carbonyl (C=O) groups excluding carboxylic acids is 2. The Bertz CT molecular complexity index is 1100. The second kappa shape index (κ2) is 8.47. The number of hydrogen-bond donors (Lipinski definition) is 1. The van der Waals surface area contributed by atoms with Crippen LogP contribution in [0.5, 0.6) is 5.75 Å². The van der Waals surface area contributed by atoms with Gasteiger partial charge in [0, 0.05) is 10.5 Å². The summed E-state index contributed by atoms with van der Waals surface area (Å²) in [5, 5.41) is 14.9. The zero-order valence-corrected chi connectivity index (χ0v) is 17.5. The summed E-state index contributed by atoms with van der Waals surface area (Å²) >= 11 is 0. The Balaban J connectivity index is 1.44. The minimum absolute atomic E-state index is 0.0463. The van der Waals surface area contributed by atoms with Gasteiger partial charge in [-0.15, -0.1) is 0 Å². The molecule has 2 fully saturated rings. The minimum Gasteiger partial charge on any atom is -0.497 e. The molecule has 0 spiro atoms. The van der Waals surface area contributed by atoms with Gasteiger partial charge in [0.25, 0.3) is 11.8 Å². The van der Waals surface area contributed by atoms with Crippen LogP contribution in [0, 0.1) is 0 Å². The van der Waals surface area contributed by atoms with Crippen LogP contribution in [-0.2, 0) is 14.2 Å². The zero-order chi connectivity index (χ0) is 23.1. The van der Waals surface area contributed by atoms with Crippen molar-refractivity contribution < 1.29 is 33.6 Å². The third kappa shape index (κ3) is 3.52. The van der Waals surface area contributed by atoms with Gasteiger partial charge in [0.2, 0.25) is 0 Å². The maximum atomic E-state index is 13.0. The molecule has 2 saturated heterocycles. The SMILES string of the molecule is COc1ccc([C@@H]2OC[C@H]3O[C@@H](N=[N+]=[N-])[C@H](N4C(=O)c5ccccc5C4=O)[C@@H](O)[C@@H]3O2)cc1. The lowest BCUT2D eigenvalue weighted by Crippen LogP contribution is -2.66. The summed E-state index contributed by atoms with van der Waals surface area (Å²) in [5.74, 6) is -0.534. The summed E-state index contributed by atoms with van der Waals surface area (Å²) in [6, 6.07) is 12.1. The minimum atomic E-state index is -1.38. The van der Waals surface area contributed by atoms with Gasteiger partial charge in [0.15, 0.2) is 12.5 Å². The summed E-state index contributed by atoms with van der Waals surface area (Å²) in [6.45, 7) is 0.0463. The number of carbonyl (C=O) groups is 2.